The van der Waals surface area contributed by atoms with Crippen LogP contribution in [-0.2, 0) is 6.42 Å². The molecule has 0 aliphatic carbocycles. The maximum absolute atomic E-state index is 5.87. The lowest BCUT2D eigenvalue weighted by Gasteiger charge is -2.21. The zero-order valence-electron chi connectivity index (χ0n) is 16.6. The van der Waals surface area contributed by atoms with Gasteiger partial charge >= 0.3 is 0 Å². The maximum Gasteiger partial charge on any atom is 0.257 e. The van der Waals surface area contributed by atoms with Crippen LogP contribution in [0, 0.1) is 0 Å². The first-order valence-corrected chi connectivity index (χ1v) is 10.7. The molecule has 0 radical (unpaired) electrons. The van der Waals surface area contributed by atoms with Gasteiger partial charge in [0.2, 0.25) is 5.96 Å². The molecule has 0 bridgehead atoms. The standard InChI is InChI=1S/C21H30ClN5O/c1-2-3-4-5-6-7-9-16-11-13-17(14-12-16)20-24-19(26-28-20)18-10-8-15-27(18)21(23)25-22/h11-14,18H,2-10,15H2,1H3,(H2,23,25)/t18-/m0/s1. The van der Waals surface area contributed by atoms with E-state index in [-0.39, 0.29) is 6.04 Å². The maximum atomic E-state index is 5.87. The highest BCUT2D eigenvalue weighted by molar-refractivity contribution is 6.19. The van der Waals surface area contributed by atoms with E-state index in [9.17, 15) is 0 Å². The lowest BCUT2D eigenvalue weighted by Crippen LogP contribution is -2.36. The summed E-state index contributed by atoms with van der Waals surface area (Å²) in [6, 6.07) is 8.40. The second-order valence-corrected chi connectivity index (χ2v) is 7.64. The number of hydrogen-bond donors (Lipinski definition) is 1. The van der Waals surface area contributed by atoms with E-state index in [1.807, 2.05) is 4.90 Å². The van der Waals surface area contributed by atoms with E-state index in [0.717, 1.165) is 31.4 Å². The second-order valence-electron chi connectivity index (χ2n) is 7.47. The fourth-order valence-corrected chi connectivity index (χ4v) is 3.87. The van der Waals surface area contributed by atoms with Crippen molar-refractivity contribution in [2.75, 3.05) is 6.54 Å². The van der Waals surface area contributed by atoms with Crippen molar-refractivity contribution >= 4 is 17.7 Å². The Morgan fingerprint density at radius 1 is 1.21 bits per heavy atom. The topological polar surface area (TPSA) is 80.5 Å². The van der Waals surface area contributed by atoms with Gasteiger partial charge < -0.3 is 15.2 Å². The number of aromatic nitrogens is 2. The predicted octanol–water partition coefficient (Wildman–Crippen LogP) is 5.25. The first kappa shape index (κ1) is 20.6. The number of halogens is 1. The molecule has 2 aromatic rings. The van der Waals surface area contributed by atoms with Gasteiger partial charge in [0.15, 0.2) is 5.82 Å². The number of hydrogen-bond acceptors (Lipinski definition) is 4. The van der Waals surface area contributed by atoms with Crippen LogP contribution in [0.5, 0.6) is 0 Å². The summed E-state index contributed by atoms with van der Waals surface area (Å²) >= 11 is 5.53. The molecule has 1 aliphatic rings. The van der Waals surface area contributed by atoms with Crippen molar-refractivity contribution in [3.05, 3.63) is 35.7 Å². The van der Waals surface area contributed by atoms with Crippen LogP contribution in [0.3, 0.4) is 0 Å². The van der Waals surface area contributed by atoms with Crippen molar-refractivity contribution in [2.24, 2.45) is 10.2 Å². The molecule has 152 valence electrons. The number of unbranched alkanes of at least 4 members (excludes halogenated alkanes) is 5. The zero-order chi connectivity index (χ0) is 19.8. The molecule has 1 atom stereocenters. The van der Waals surface area contributed by atoms with Crippen molar-refractivity contribution in [1.82, 2.24) is 15.0 Å². The summed E-state index contributed by atoms with van der Waals surface area (Å²) < 4.78 is 9.07. The summed E-state index contributed by atoms with van der Waals surface area (Å²) in [5, 5.41) is 4.17. The minimum atomic E-state index is -0.0352. The Bertz CT molecular complexity index is 758. The van der Waals surface area contributed by atoms with E-state index in [1.54, 1.807) is 0 Å². The summed E-state index contributed by atoms with van der Waals surface area (Å²) in [7, 11) is 0. The molecule has 0 saturated carbocycles. The van der Waals surface area contributed by atoms with Gasteiger partial charge in [-0.1, -0.05) is 56.3 Å². The number of rotatable bonds is 9. The molecule has 1 aromatic carbocycles. The molecule has 1 aromatic heterocycles. The largest absolute Gasteiger partial charge is 0.369 e. The van der Waals surface area contributed by atoms with Gasteiger partial charge in [0.1, 0.15) is 0 Å². The van der Waals surface area contributed by atoms with E-state index in [2.05, 4.69) is 45.8 Å². The predicted molar refractivity (Wildman–Crippen MR) is 113 cm³/mol. The SMILES string of the molecule is CCCCCCCCc1ccc(-c2nc([C@@H]3CCCN3C(N)=NCl)no2)cc1. The Kier molecular flexibility index (Phi) is 7.71. The average molecular weight is 404 g/mol. The highest BCUT2D eigenvalue weighted by Gasteiger charge is 2.31. The fourth-order valence-electron chi connectivity index (χ4n) is 3.77. The van der Waals surface area contributed by atoms with Crippen LogP contribution in [0.2, 0.25) is 0 Å². The van der Waals surface area contributed by atoms with Crippen LogP contribution in [0.15, 0.2) is 33.3 Å². The summed E-state index contributed by atoms with van der Waals surface area (Å²) in [6.07, 6.45) is 10.9. The molecular formula is C21H30ClN5O. The summed E-state index contributed by atoms with van der Waals surface area (Å²) in [5.74, 6) is 1.47. The van der Waals surface area contributed by atoms with Crippen molar-refractivity contribution in [1.29, 1.82) is 0 Å². The monoisotopic (exact) mass is 403 g/mol. The van der Waals surface area contributed by atoms with Crippen molar-refractivity contribution in [3.8, 4) is 11.5 Å². The number of likely N-dealkylation sites (tertiary alicyclic amines) is 1. The number of guanidine groups is 1. The minimum Gasteiger partial charge on any atom is -0.369 e. The lowest BCUT2D eigenvalue weighted by molar-refractivity contribution is 0.354. The normalized spacial score (nSPS) is 17.4. The molecular weight excluding hydrogens is 374 g/mol. The molecule has 6 nitrogen and oxygen atoms in total. The molecule has 1 aliphatic heterocycles. The van der Waals surface area contributed by atoms with Gasteiger partial charge in [0.05, 0.1) is 6.04 Å². The van der Waals surface area contributed by atoms with Crippen molar-refractivity contribution in [3.63, 3.8) is 0 Å². The smallest absolute Gasteiger partial charge is 0.257 e. The second kappa shape index (κ2) is 10.5. The van der Waals surface area contributed by atoms with Crippen LogP contribution in [0.4, 0.5) is 0 Å². The van der Waals surface area contributed by atoms with E-state index in [1.165, 1.54) is 44.1 Å². The van der Waals surface area contributed by atoms with Crippen LogP contribution in [0.25, 0.3) is 11.5 Å². The molecule has 0 amide bonds. The van der Waals surface area contributed by atoms with Gasteiger partial charge in [-0.3, -0.25) is 0 Å². The van der Waals surface area contributed by atoms with Crippen molar-refractivity contribution < 1.29 is 4.52 Å². The molecule has 7 heteroatoms. The van der Waals surface area contributed by atoms with E-state index in [4.69, 9.17) is 22.0 Å². The Morgan fingerprint density at radius 3 is 2.71 bits per heavy atom. The van der Waals surface area contributed by atoms with E-state index in [0.29, 0.717) is 17.7 Å². The third kappa shape index (κ3) is 5.25. The highest BCUT2D eigenvalue weighted by atomic mass is 35.5. The van der Waals surface area contributed by atoms with Crippen LogP contribution in [-0.4, -0.2) is 27.5 Å². The zero-order valence-corrected chi connectivity index (χ0v) is 17.4. The molecule has 0 spiro atoms. The Labute approximate surface area is 172 Å². The third-order valence-corrected chi connectivity index (χ3v) is 5.57. The van der Waals surface area contributed by atoms with E-state index >= 15 is 0 Å². The van der Waals surface area contributed by atoms with Gasteiger partial charge in [0.25, 0.3) is 5.89 Å². The quantitative estimate of drug-likeness (QED) is 0.351. The van der Waals surface area contributed by atoms with Crippen LogP contribution >= 0.6 is 11.8 Å². The van der Waals surface area contributed by atoms with Crippen molar-refractivity contribution in [2.45, 2.75) is 70.8 Å². The third-order valence-electron chi connectivity index (χ3n) is 5.39. The summed E-state index contributed by atoms with van der Waals surface area (Å²) in [6.45, 7) is 3.05. The molecule has 28 heavy (non-hydrogen) atoms. The van der Waals surface area contributed by atoms with E-state index < -0.39 is 0 Å². The number of aryl methyl sites for hydroxylation is 1. The first-order chi connectivity index (χ1) is 13.7. The molecule has 3 rings (SSSR count). The Hall–Kier alpha value is -2.08. The summed E-state index contributed by atoms with van der Waals surface area (Å²) in [4.78, 5) is 6.51. The Balaban J connectivity index is 1.56. The lowest BCUT2D eigenvalue weighted by atomic mass is 10.0. The molecule has 0 unspecified atom stereocenters. The highest BCUT2D eigenvalue weighted by Crippen LogP contribution is 2.31. The minimum absolute atomic E-state index is 0.0352. The van der Waals surface area contributed by atoms with Gasteiger partial charge in [-0.15, -0.1) is 4.51 Å². The van der Waals surface area contributed by atoms with Crippen LogP contribution < -0.4 is 5.73 Å². The number of benzene rings is 1. The van der Waals surface area contributed by atoms with Crippen LogP contribution in [0.1, 0.15) is 75.7 Å². The van der Waals surface area contributed by atoms with Gasteiger partial charge in [0, 0.05) is 23.9 Å². The molecule has 1 saturated heterocycles. The van der Waals surface area contributed by atoms with Gasteiger partial charge in [-0.2, -0.15) is 4.98 Å². The molecule has 2 N–H and O–H groups in total. The average Bonchev–Trinajstić information content (AvgIpc) is 3.40. The number of nitrogens with zero attached hydrogens (tertiary/aromatic N) is 4. The molecule has 1 fully saturated rings. The first-order valence-electron chi connectivity index (χ1n) is 10.4. The number of nitrogens with two attached hydrogens (primary N) is 1. The summed E-state index contributed by atoms with van der Waals surface area (Å²) in [5.41, 5.74) is 8.16. The van der Waals surface area contributed by atoms with Gasteiger partial charge in [-0.25, -0.2) is 0 Å². The Morgan fingerprint density at radius 2 is 1.96 bits per heavy atom. The molecule has 2 heterocycles. The van der Waals surface area contributed by atoms with Gasteiger partial charge in [-0.05, 0) is 43.4 Å². The fraction of sp³-hybridized carbons (Fsp3) is 0.571.